The summed E-state index contributed by atoms with van der Waals surface area (Å²) < 4.78 is 8.73. The number of carbonyl (C=O) groups excluding carboxylic acids is 2. The lowest BCUT2D eigenvalue weighted by Gasteiger charge is -2.02. The molecular weight excluding hydrogens is 214 g/mol. The van der Waals surface area contributed by atoms with Crippen molar-refractivity contribution in [3.63, 3.8) is 0 Å². The SMILES string of the molecule is CC.CNc1ccccc1SO.O=C=O. The Balaban J connectivity index is 0. The first-order valence-corrected chi connectivity index (χ1v) is 5.15. The van der Waals surface area contributed by atoms with E-state index in [1.165, 1.54) is 0 Å². The zero-order valence-corrected chi connectivity index (χ0v) is 9.80. The van der Waals surface area contributed by atoms with Crippen molar-refractivity contribution in [1.82, 2.24) is 0 Å². The first kappa shape index (κ1) is 16.2. The average Bonchev–Trinajstić information content (AvgIpc) is 2.32. The van der Waals surface area contributed by atoms with Gasteiger partial charge in [0.1, 0.15) is 0 Å². The van der Waals surface area contributed by atoms with Crippen LogP contribution in [0, 0.1) is 0 Å². The molecule has 1 aromatic carbocycles. The highest BCUT2D eigenvalue weighted by Crippen LogP contribution is 2.23. The molecule has 2 N–H and O–H groups in total. The minimum Gasteiger partial charge on any atom is -0.387 e. The molecule has 84 valence electrons. The van der Waals surface area contributed by atoms with Gasteiger partial charge in [0, 0.05) is 24.8 Å². The van der Waals surface area contributed by atoms with Gasteiger partial charge in [0.05, 0.1) is 4.90 Å². The quantitative estimate of drug-likeness (QED) is 0.763. The molecule has 0 saturated carbocycles. The second-order valence-corrected chi connectivity index (χ2v) is 2.54. The number of para-hydroxylation sites is 1. The summed E-state index contributed by atoms with van der Waals surface area (Å²) in [7, 11) is 1.83. The summed E-state index contributed by atoms with van der Waals surface area (Å²) in [5.74, 6) is 0. The molecule has 0 heterocycles. The Bertz CT molecular complexity index is 263. The lowest BCUT2D eigenvalue weighted by Crippen LogP contribution is -1.88. The van der Waals surface area contributed by atoms with Gasteiger partial charge >= 0.3 is 6.15 Å². The fourth-order valence-corrected chi connectivity index (χ4v) is 1.16. The molecule has 0 aromatic heterocycles. The van der Waals surface area contributed by atoms with E-state index in [0.717, 1.165) is 22.6 Å². The lowest BCUT2D eigenvalue weighted by atomic mass is 10.3. The van der Waals surface area contributed by atoms with Gasteiger partial charge in [0.2, 0.25) is 0 Å². The van der Waals surface area contributed by atoms with Crippen LogP contribution >= 0.6 is 12.0 Å². The van der Waals surface area contributed by atoms with Crippen LogP contribution in [0.1, 0.15) is 13.8 Å². The van der Waals surface area contributed by atoms with E-state index in [1.807, 2.05) is 45.2 Å². The average molecular weight is 229 g/mol. The zero-order valence-electron chi connectivity index (χ0n) is 8.98. The van der Waals surface area contributed by atoms with Gasteiger partial charge in [-0.2, -0.15) is 9.59 Å². The number of anilines is 1. The van der Waals surface area contributed by atoms with Crippen LogP contribution in [0.4, 0.5) is 5.69 Å². The summed E-state index contributed by atoms with van der Waals surface area (Å²) in [6.07, 6.45) is 0.250. The number of hydrogen-bond acceptors (Lipinski definition) is 5. The molecule has 0 atom stereocenters. The first-order valence-electron chi connectivity index (χ1n) is 4.37. The molecule has 0 aliphatic carbocycles. The Morgan fingerprint density at radius 1 is 1.27 bits per heavy atom. The van der Waals surface area contributed by atoms with Crippen molar-refractivity contribution in [2.75, 3.05) is 12.4 Å². The molecule has 0 amide bonds. The van der Waals surface area contributed by atoms with E-state index in [1.54, 1.807) is 0 Å². The fourth-order valence-electron chi connectivity index (χ4n) is 0.753. The highest BCUT2D eigenvalue weighted by Gasteiger charge is 1.96. The second kappa shape index (κ2) is 12.7. The Morgan fingerprint density at radius 2 is 1.73 bits per heavy atom. The second-order valence-electron chi connectivity index (χ2n) is 1.92. The van der Waals surface area contributed by atoms with Crippen LogP contribution in [-0.2, 0) is 9.59 Å². The van der Waals surface area contributed by atoms with Gasteiger partial charge in [-0.3, -0.25) is 0 Å². The van der Waals surface area contributed by atoms with Crippen LogP contribution in [0.2, 0.25) is 0 Å². The van der Waals surface area contributed by atoms with E-state index in [9.17, 15) is 0 Å². The molecule has 15 heavy (non-hydrogen) atoms. The summed E-state index contributed by atoms with van der Waals surface area (Å²) in [6, 6.07) is 7.58. The van der Waals surface area contributed by atoms with Crippen molar-refractivity contribution < 1.29 is 14.1 Å². The van der Waals surface area contributed by atoms with Gasteiger partial charge in [-0.1, -0.05) is 26.0 Å². The standard InChI is InChI=1S/C7H9NOS.C2H6.CO2/c1-8-6-4-2-3-5-7(6)10-9;1-2;2-1-3/h2-5,8-9H,1H3;1-2H3;. The third-order valence-corrected chi connectivity index (χ3v) is 1.81. The Labute approximate surface area is 93.9 Å². The third kappa shape index (κ3) is 7.76. The maximum Gasteiger partial charge on any atom is 0.373 e. The third-order valence-electron chi connectivity index (χ3n) is 1.25. The summed E-state index contributed by atoms with van der Waals surface area (Å²) in [4.78, 5) is 17.1. The van der Waals surface area contributed by atoms with E-state index in [-0.39, 0.29) is 6.15 Å². The molecule has 0 aliphatic heterocycles. The van der Waals surface area contributed by atoms with Gasteiger partial charge in [0.15, 0.2) is 0 Å². The van der Waals surface area contributed by atoms with Crippen LogP contribution in [0.25, 0.3) is 0 Å². The van der Waals surface area contributed by atoms with Gasteiger partial charge < -0.3 is 9.87 Å². The molecule has 1 rings (SSSR count). The van der Waals surface area contributed by atoms with Crippen molar-refractivity contribution in [2.24, 2.45) is 0 Å². The molecule has 4 nitrogen and oxygen atoms in total. The summed E-state index contributed by atoms with van der Waals surface area (Å²) >= 11 is 0.757. The first-order chi connectivity index (χ1) is 7.29. The number of benzene rings is 1. The van der Waals surface area contributed by atoms with Crippen molar-refractivity contribution >= 4 is 23.9 Å². The molecule has 0 aliphatic rings. The fraction of sp³-hybridized carbons (Fsp3) is 0.300. The Hall–Kier alpha value is -1.29. The van der Waals surface area contributed by atoms with Gasteiger partial charge in [-0.15, -0.1) is 0 Å². The molecular formula is C10H15NO3S. The molecule has 0 saturated heterocycles. The number of rotatable bonds is 2. The minimum atomic E-state index is 0.250. The largest absolute Gasteiger partial charge is 0.387 e. The van der Waals surface area contributed by atoms with Gasteiger partial charge in [0.25, 0.3) is 0 Å². The van der Waals surface area contributed by atoms with Crippen molar-refractivity contribution in [2.45, 2.75) is 18.7 Å². The lowest BCUT2D eigenvalue weighted by molar-refractivity contribution is -0.191. The van der Waals surface area contributed by atoms with E-state index in [0.29, 0.717) is 0 Å². The molecule has 0 bridgehead atoms. The van der Waals surface area contributed by atoms with Crippen LogP contribution < -0.4 is 5.32 Å². The predicted molar refractivity (Wildman–Crippen MR) is 60.8 cm³/mol. The maximum absolute atomic E-state index is 8.73. The van der Waals surface area contributed by atoms with E-state index < -0.39 is 0 Å². The van der Waals surface area contributed by atoms with Crippen molar-refractivity contribution in [1.29, 1.82) is 0 Å². The molecule has 1 aromatic rings. The molecule has 5 heteroatoms. The van der Waals surface area contributed by atoms with E-state index >= 15 is 0 Å². The highest BCUT2D eigenvalue weighted by atomic mass is 32.2. The highest BCUT2D eigenvalue weighted by molar-refractivity contribution is 7.94. The van der Waals surface area contributed by atoms with Crippen LogP contribution in [0.15, 0.2) is 29.2 Å². The molecule has 0 radical (unpaired) electrons. The summed E-state index contributed by atoms with van der Waals surface area (Å²) in [5, 5.41) is 2.97. The Morgan fingerprint density at radius 3 is 2.07 bits per heavy atom. The molecule has 0 fully saturated rings. The zero-order chi connectivity index (χ0) is 12.1. The Kier molecular flexibility index (Phi) is 13.7. The monoisotopic (exact) mass is 229 g/mol. The van der Waals surface area contributed by atoms with Crippen molar-refractivity contribution in [3.8, 4) is 0 Å². The van der Waals surface area contributed by atoms with Gasteiger partial charge in [-0.05, 0) is 12.1 Å². The maximum atomic E-state index is 8.73. The number of nitrogens with one attached hydrogen (secondary N) is 1. The van der Waals surface area contributed by atoms with E-state index in [4.69, 9.17) is 14.1 Å². The smallest absolute Gasteiger partial charge is 0.373 e. The summed E-state index contributed by atoms with van der Waals surface area (Å²) in [5.41, 5.74) is 0.954. The topological polar surface area (TPSA) is 66.4 Å². The normalized spacial score (nSPS) is 7.20. The van der Waals surface area contributed by atoms with E-state index in [2.05, 4.69) is 5.32 Å². The minimum absolute atomic E-state index is 0.250. The van der Waals surface area contributed by atoms with Crippen molar-refractivity contribution in [3.05, 3.63) is 24.3 Å². The summed E-state index contributed by atoms with van der Waals surface area (Å²) in [6.45, 7) is 4.00. The predicted octanol–water partition coefficient (Wildman–Crippen LogP) is 2.74. The van der Waals surface area contributed by atoms with Crippen LogP contribution in [-0.4, -0.2) is 17.8 Å². The number of hydrogen-bond donors (Lipinski definition) is 2. The molecule has 0 unspecified atom stereocenters. The van der Waals surface area contributed by atoms with Crippen LogP contribution in [0.5, 0.6) is 0 Å². The van der Waals surface area contributed by atoms with Gasteiger partial charge in [-0.25, -0.2) is 0 Å². The molecule has 0 spiro atoms. The van der Waals surface area contributed by atoms with Crippen LogP contribution in [0.3, 0.4) is 0 Å².